The number of hydrogen-bond acceptors (Lipinski definition) is 4. The summed E-state index contributed by atoms with van der Waals surface area (Å²) < 4.78 is 10.8. The molecule has 0 unspecified atom stereocenters. The Hall–Kier alpha value is -3.22. The van der Waals surface area contributed by atoms with Crippen molar-refractivity contribution < 1.29 is 19.1 Å². The number of nitrogens with one attached hydrogen (secondary N) is 2. The zero-order valence-electron chi connectivity index (χ0n) is 17.0. The van der Waals surface area contributed by atoms with E-state index in [9.17, 15) is 9.59 Å². The molecule has 1 saturated heterocycles. The molecule has 0 radical (unpaired) electrons. The van der Waals surface area contributed by atoms with E-state index in [0.717, 1.165) is 16.8 Å². The smallest absolute Gasteiger partial charge is 0.315 e. The number of benzene rings is 2. The van der Waals surface area contributed by atoms with Crippen molar-refractivity contribution in [3.05, 3.63) is 53.6 Å². The Kier molecular flexibility index (Phi) is 6.59. The van der Waals surface area contributed by atoms with Crippen LogP contribution in [0.5, 0.6) is 11.5 Å². The summed E-state index contributed by atoms with van der Waals surface area (Å²) in [5, 5.41) is 5.72. The number of ether oxygens (including phenoxy) is 2. The van der Waals surface area contributed by atoms with E-state index in [4.69, 9.17) is 9.47 Å². The fourth-order valence-electron chi connectivity index (χ4n) is 3.30. The van der Waals surface area contributed by atoms with Crippen LogP contribution in [0.3, 0.4) is 0 Å². The molecule has 2 aromatic rings. The van der Waals surface area contributed by atoms with Crippen molar-refractivity contribution in [2.75, 3.05) is 25.2 Å². The predicted molar refractivity (Wildman–Crippen MR) is 111 cm³/mol. The number of carbonyl (C=O) groups excluding carboxylic acids is 2. The van der Waals surface area contributed by atoms with Gasteiger partial charge in [-0.3, -0.25) is 4.79 Å². The van der Waals surface area contributed by atoms with Crippen molar-refractivity contribution in [3.63, 3.8) is 0 Å². The summed E-state index contributed by atoms with van der Waals surface area (Å²) in [5.74, 6) is 1.31. The maximum atomic E-state index is 12.3. The number of nitrogens with zero attached hydrogens (tertiary/aromatic N) is 1. The summed E-state index contributed by atoms with van der Waals surface area (Å²) >= 11 is 0. The van der Waals surface area contributed by atoms with Crippen molar-refractivity contribution in [2.24, 2.45) is 0 Å². The fourth-order valence-corrected chi connectivity index (χ4v) is 3.30. The minimum absolute atomic E-state index is 0.00987. The van der Waals surface area contributed by atoms with Gasteiger partial charge in [0.25, 0.3) is 0 Å². The summed E-state index contributed by atoms with van der Waals surface area (Å²) in [7, 11) is 1.59. The second-order valence-corrected chi connectivity index (χ2v) is 6.99. The Bertz CT molecular complexity index is 867. The van der Waals surface area contributed by atoms with Crippen molar-refractivity contribution in [1.82, 2.24) is 10.6 Å². The molecule has 3 rings (SSSR count). The lowest BCUT2D eigenvalue weighted by Crippen LogP contribution is -2.43. The van der Waals surface area contributed by atoms with Gasteiger partial charge in [0, 0.05) is 25.2 Å². The van der Waals surface area contributed by atoms with E-state index in [1.54, 1.807) is 12.0 Å². The normalized spacial score (nSPS) is 15.9. The van der Waals surface area contributed by atoms with E-state index >= 15 is 0 Å². The number of anilines is 1. The highest BCUT2D eigenvalue weighted by molar-refractivity contribution is 5.96. The molecule has 0 aliphatic carbocycles. The Balaban J connectivity index is 1.53. The highest BCUT2D eigenvalue weighted by Crippen LogP contribution is 2.28. The van der Waals surface area contributed by atoms with Gasteiger partial charge in [-0.2, -0.15) is 0 Å². The highest BCUT2D eigenvalue weighted by atomic mass is 16.5. The molecule has 1 fully saturated rings. The van der Waals surface area contributed by atoms with Crippen LogP contribution in [-0.4, -0.2) is 38.2 Å². The molecule has 1 atom stereocenters. The standard InChI is InChI=1S/C22H27N3O4/c1-4-29-20-11-16(7-10-19(20)28-3)13-23-22(27)24-17-12-21(26)25(14-17)18-8-5-15(2)6-9-18/h5-11,17H,4,12-14H2,1-3H3,(H2,23,24,27)/t17-/m1/s1. The van der Waals surface area contributed by atoms with E-state index in [0.29, 0.717) is 37.6 Å². The summed E-state index contributed by atoms with van der Waals surface area (Å²) in [4.78, 5) is 26.3. The average Bonchev–Trinajstić information content (AvgIpc) is 3.07. The van der Waals surface area contributed by atoms with Crippen LogP contribution in [-0.2, 0) is 11.3 Å². The van der Waals surface area contributed by atoms with Crippen LogP contribution in [0.4, 0.5) is 10.5 Å². The number of hydrogen-bond donors (Lipinski definition) is 2. The van der Waals surface area contributed by atoms with Crippen LogP contribution in [0.25, 0.3) is 0 Å². The van der Waals surface area contributed by atoms with Crippen LogP contribution < -0.4 is 25.0 Å². The molecule has 0 bridgehead atoms. The van der Waals surface area contributed by atoms with Gasteiger partial charge < -0.3 is 25.0 Å². The first-order chi connectivity index (χ1) is 14.0. The Morgan fingerprint density at radius 3 is 2.62 bits per heavy atom. The van der Waals surface area contributed by atoms with Gasteiger partial charge in [0.1, 0.15) is 0 Å². The van der Waals surface area contributed by atoms with Crippen LogP contribution in [0.15, 0.2) is 42.5 Å². The van der Waals surface area contributed by atoms with E-state index in [-0.39, 0.29) is 18.0 Å². The minimum Gasteiger partial charge on any atom is -0.493 e. The Morgan fingerprint density at radius 1 is 1.17 bits per heavy atom. The molecule has 154 valence electrons. The van der Waals surface area contributed by atoms with Crippen molar-refractivity contribution in [1.29, 1.82) is 0 Å². The molecule has 0 spiro atoms. The van der Waals surface area contributed by atoms with Gasteiger partial charge in [0.15, 0.2) is 11.5 Å². The zero-order chi connectivity index (χ0) is 20.8. The maximum absolute atomic E-state index is 12.3. The van der Waals surface area contributed by atoms with Gasteiger partial charge in [-0.05, 0) is 43.7 Å². The van der Waals surface area contributed by atoms with Gasteiger partial charge in [-0.25, -0.2) is 4.79 Å². The first-order valence-electron chi connectivity index (χ1n) is 9.71. The van der Waals surface area contributed by atoms with Crippen molar-refractivity contribution in [3.8, 4) is 11.5 Å². The summed E-state index contributed by atoms with van der Waals surface area (Å²) in [6.45, 7) is 5.25. The number of rotatable bonds is 7. The summed E-state index contributed by atoms with van der Waals surface area (Å²) in [6.07, 6.45) is 0.290. The van der Waals surface area contributed by atoms with Crippen LogP contribution in [0, 0.1) is 6.92 Å². The van der Waals surface area contributed by atoms with Gasteiger partial charge in [0.2, 0.25) is 5.91 Å². The van der Waals surface area contributed by atoms with Gasteiger partial charge in [0.05, 0.1) is 19.8 Å². The first-order valence-corrected chi connectivity index (χ1v) is 9.71. The Morgan fingerprint density at radius 2 is 1.93 bits per heavy atom. The lowest BCUT2D eigenvalue weighted by Gasteiger charge is -2.18. The molecule has 0 aromatic heterocycles. The number of amides is 3. The number of carbonyl (C=O) groups is 2. The van der Waals surface area contributed by atoms with Crippen molar-refractivity contribution >= 4 is 17.6 Å². The van der Waals surface area contributed by atoms with Gasteiger partial charge >= 0.3 is 6.03 Å². The highest BCUT2D eigenvalue weighted by Gasteiger charge is 2.31. The van der Waals surface area contributed by atoms with Crippen molar-refractivity contribution in [2.45, 2.75) is 32.9 Å². The second-order valence-electron chi connectivity index (χ2n) is 6.99. The monoisotopic (exact) mass is 397 g/mol. The third-order valence-electron chi connectivity index (χ3n) is 4.79. The predicted octanol–water partition coefficient (Wildman–Crippen LogP) is 3.01. The third kappa shape index (κ3) is 5.19. The lowest BCUT2D eigenvalue weighted by atomic mass is 10.2. The average molecular weight is 397 g/mol. The van der Waals surface area contributed by atoms with Crippen LogP contribution >= 0.6 is 0 Å². The van der Waals surface area contributed by atoms with Crippen LogP contribution in [0.2, 0.25) is 0 Å². The van der Waals surface area contributed by atoms with Gasteiger partial charge in [-0.1, -0.05) is 23.8 Å². The quantitative estimate of drug-likeness (QED) is 0.753. The zero-order valence-corrected chi connectivity index (χ0v) is 17.0. The second kappa shape index (κ2) is 9.32. The Labute approximate surface area is 171 Å². The van der Waals surface area contributed by atoms with E-state index < -0.39 is 0 Å². The minimum atomic E-state index is -0.303. The van der Waals surface area contributed by atoms with E-state index in [2.05, 4.69) is 10.6 Å². The lowest BCUT2D eigenvalue weighted by molar-refractivity contribution is -0.117. The number of aryl methyl sites for hydroxylation is 1. The topological polar surface area (TPSA) is 79.9 Å². The molecular formula is C22H27N3O4. The summed E-state index contributed by atoms with van der Waals surface area (Å²) in [5.41, 5.74) is 2.89. The molecule has 3 amide bonds. The molecular weight excluding hydrogens is 370 g/mol. The fraction of sp³-hybridized carbons (Fsp3) is 0.364. The SMILES string of the molecule is CCOc1cc(CNC(=O)N[C@@H]2CC(=O)N(c3ccc(C)cc3)C2)ccc1OC. The molecule has 2 aromatic carbocycles. The molecule has 7 heteroatoms. The number of methoxy groups -OCH3 is 1. The van der Waals surface area contributed by atoms with Crippen LogP contribution in [0.1, 0.15) is 24.5 Å². The molecule has 1 aliphatic heterocycles. The molecule has 7 nitrogen and oxygen atoms in total. The van der Waals surface area contributed by atoms with E-state index in [1.807, 2.05) is 56.3 Å². The third-order valence-corrected chi connectivity index (χ3v) is 4.79. The number of urea groups is 1. The maximum Gasteiger partial charge on any atom is 0.315 e. The molecule has 1 aliphatic rings. The first kappa shape index (κ1) is 20.5. The summed E-state index contributed by atoms with van der Waals surface area (Å²) in [6, 6.07) is 12.8. The largest absolute Gasteiger partial charge is 0.493 e. The van der Waals surface area contributed by atoms with E-state index in [1.165, 1.54) is 0 Å². The van der Waals surface area contributed by atoms with Gasteiger partial charge in [-0.15, -0.1) is 0 Å². The molecule has 29 heavy (non-hydrogen) atoms. The molecule has 2 N–H and O–H groups in total. The molecule has 0 saturated carbocycles. The molecule has 1 heterocycles.